The summed E-state index contributed by atoms with van der Waals surface area (Å²) in [7, 11) is 1.58. The number of hydrogen-bond donors (Lipinski definition) is 1. The van der Waals surface area contributed by atoms with Crippen molar-refractivity contribution in [2.75, 3.05) is 20.3 Å². The summed E-state index contributed by atoms with van der Waals surface area (Å²) in [4.78, 5) is 11.1. The Kier molecular flexibility index (Phi) is 4.58. The van der Waals surface area contributed by atoms with Gasteiger partial charge in [-0.3, -0.25) is 4.79 Å². The zero-order valence-corrected chi connectivity index (χ0v) is 9.91. The van der Waals surface area contributed by atoms with Gasteiger partial charge in [0.05, 0.1) is 12.2 Å². The van der Waals surface area contributed by atoms with Crippen LogP contribution < -0.4 is 10.5 Å². The largest absolute Gasteiger partial charge is 0.490 e. The molecule has 1 rings (SSSR count). The molecule has 0 bridgehead atoms. The Morgan fingerprint density at radius 1 is 1.47 bits per heavy atom. The molecule has 1 amide bonds. The van der Waals surface area contributed by atoms with Crippen LogP contribution in [-0.2, 0) is 4.74 Å². The Morgan fingerprint density at radius 3 is 2.80 bits per heavy atom. The van der Waals surface area contributed by atoms with Gasteiger partial charge >= 0.3 is 0 Å². The SMILES string of the molecule is COCCOc1ccc(Br)cc1C(N)=O. The predicted octanol–water partition coefficient (Wildman–Crippen LogP) is 1.57. The van der Waals surface area contributed by atoms with Crippen LogP contribution in [0, 0.1) is 0 Å². The first-order valence-corrected chi connectivity index (χ1v) is 5.15. The van der Waals surface area contributed by atoms with E-state index in [0.717, 1.165) is 4.47 Å². The monoisotopic (exact) mass is 273 g/mol. The average Bonchev–Trinajstić information content (AvgIpc) is 2.20. The Morgan fingerprint density at radius 2 is 2.20 bits per heavy atom. The average molecular weight is 274 g/mol. The van der Waals surface area contributed by atoms with Crippen LogP contribution in [0.15, 0.2) is 22.7 Å². The van der Waals surface area contributed by atoms with Gasteiger partial charge in [0, 0.05) is 11.6 Å². The van der Waals surface area contributed by atoms with Crippen molar-refractivity contribution < 1.29 is 14.3 Å². The van der Waals surface area contributed by atoms with Crippen molar-refractivity contribution in [1.29, 1.82) is 0 Å². The minimum atomic E-state index is -0.510. The number of rotatable bonds is 5. The van der Waals surface area contributed by atoms with E-state index in [1.807, 2.05) is 0 Å². The molecule has 0 fully saturated rings. The van der Waals surface area contributed by atoms with Gasteiger partial charge in [-0.05, 0) is 18.2 Å². The van der Waals surface area contributed by atoms with Crippen molar-refractivity contribution in [2.24, 2.45) is 5.73 Å². The highest BCUT2D eigenvalue weighted by molar-refractivity contribution is 9.10. The van der Waals surface area contributed by atoms with Crippen LogP contribution in [0.4, 0.5) is 0 Å². The van der Waals surface area contributed by atoms with Gasteiger partial charge in [0.1, 0.15) is 12.4 Å². The van der Waals surface area contributed by atoms with Crippen LogP contribution >= 0.6 is 15.9 Å². The molecule has 2 N–H and O–H groups in total. The van der Waals surface area contributed by atoms with Crippen LogP contribution in [0.2, 0.25) is 0 Å². The number of primary amides is 1. The van der Waals surface area contributed by atoms with Gasteiger partial charge in [-0.1, -0.05) is 15.9 Å². The van der Waals surface area contributed by atoms with Crippen molar-refractivity contribution in [2.45, 2.75) is 0 Å². The standard InChI is InChI=1S/C10H12BrNO3/c1-14-4-5-15-9-3-2-7(11)6-8(9)10(12)13/h2-3,6H,4-5H2,1H3,(H2,12,13). The maximum absolute atomic E-state index is 11.1. The number of ether oxygens (including phenoxy) is 2. The normalized spacial score (nSPS) is 10.0. The lowest BCUT2D eigenvalue weighted by Gasteiger charge is -2.09. The molecule has 0 saturated carbocycles. The number of nitrogens with two attached hydrogens (primary N) is 1. The summed E-state index contributed by atoms with van der Waals surface area (Å²) in [5.41, 5.74) is 5.58. The number of methoxy groups -OCH3 is 1. The van der Waals surface area contributed by atoms with Crippen molar-refractivity contribution in [3.05, 3.63) is 28.2 Å². The van der Waals surface area contributed by atoms with Crippen molar-refractivity contribution in [1.82, 2.24) is 0 Å². The molecule has 0 aliphatic heterocycles. The number of benzene rings is 1. The minimum Gasteiger partial charge on any atom is -0.490 e. The third kappa shape index (κ3) is 3.53. The molecule has 0 aliphatic carbocycles. The van der Waals surface area contributed by atoms with Gasteiger partial charge in [-0.15, -0.1) is 0 Å². The third-order valence-corrected chi connectivity index (χ3v) is 2.25. The van der Waals surface area contributed by atoms with E-state index in [4.69, 9.17) is 15.2 Å². The highest BCUT2D eigenvalue weighted by Crippen LogP contribution is 2.22. The zero-order chi connectivity index (χ0) is 11.3. The number of carbonyl (C=O) groups is 1. The molecule has 0 aliphatic rings. The summed E-state index contributed by atoms with van der Waals surface area (Å²) >= 11 is 3.26. The molecule has 0 unspecified atom stereocenters. The fraction of sp³-hybridized carbons (Fsp3) is 0.300. The molecule has 1 aromatic carbocycles. The Labute approximate surface area is 96.5 Å². The molecule has 0 heterocycles. The lowest BCUT2D eigenvalue weighted by atomic mass is 10.2. The van der Waals surface area contributed by atoms with Crippen LogP contribution in [0.1, 0.15) is 10.4 Å². The summed E-state index contributed by atoms with van der Waals surface area (Å²) < 4.78 is 11.0. The molecule has 1 aromatic rings. The molecular formula is C10H12BrNO3. The first-order chi connectivity index (χ1) is 7.15. The summed E-state index contributed by atoms with van der Waals surface area (Å²) in [6.07, 6.45) is 0. The molecule has 0 spiro atoms. The van der Waals surface area contributed by atoms with E-state index in [1.165, 1.54) is 0 Å². The van der Waals surface area contributed by atoms with Crippen LogP contribution in [0.5, 0.6) is 5.75 Å². The smallest absolute Gasteiger partial charge is 0.252 e. The lowest BCUT2D eigenvalue weighted by molar-refractivity contribution is 0.0992. The topological polar surface area (TPSA) is 61.6 Å². The highest BCUT2D eigenvalue weighted by atomic mass is 79.9. The number of halogens is 1. The molecule has 0 atom stereocenters. The highest BCUT2D eigenvalue weighted by Gasteiger charge is 2.09. The van der Waals surface area contributed by atoms with E-state index >= 15 is 0 Å². The maximum atomic E-state index is 11.1. The molecule has 5 heteroatoms. The van der Waals surface area contributed by atoms with Crippen LogP contribution in [0.3, 0.4) is 0 Å². The van der Waals surface area contributed by atoms with Gasteiger partial charge in [-0.2, -0.15) is 0 Å². The second-order valence-electron chi connectivity index (χ2n) is 2.85. The summed E-state index contributed by atoms with van der Waals surface area (Å²) in [6.45, 7) is 0.854. The predicted molar refractivity (Wildman–Crippen MR) is 60.0 cm³/mol. The number of amides is 1. The third-order valence-electron chi connectivity index (χ3n) is 1.75. The zero-order valence-electron chi connectivity index (χ0n) is 8.33. The van der Waals surface area contributed by atoms with Crippen LogP contribution in [-0.4, -0.2) is 26.2 Å². The van der Waals surface area contributed by atoms with Gasteiger partial charge in [0.15, 0.2) is 0 Å². The molecule has 4 nitrogen and oxygen atoms in total. The van der Waals surface area contributed by atoms with E-state index in [1.54, 1.807) is 25.3 Å². The fourth-order valence-electron chi connectivity index (χ4n) is 1.06. The minimum absolute atomic E-state index is 0.362. The second-order valence-corrected chi connectivity index (χ2v) is 3.76. The molecule has 82 valence electrons. The van der Waals surface area contributed by atoms with E-state index in [-0.39, 0.29) is 0 Å². The molecule has 0 saturated heterocycles. The van der Waals surface area contributed by atoms with E-state index in [0.29, 0.717) is 24.5 Å². The van der Waals surface area contributed by atoms with E-state index in [2.05, 4.69) is 15.9 Å². The Hall–Kier alpha value is -1.07. The lowest BCUT2D eigenvalue weighted by Crippen LogP contribution is -2.14. The van der Waals surface area contributed by atoms with Gasteiger partial charge < -0.3 is 15.2 Å². The van der Waals surface area contributed by atoms with Crippen molar-refractivity contribution in [3.8, 4) is 5.75 Å². The van der Waals surface area contributed by atoms with Crippen molar-refractivity contribution in [3.63, 3.8) is 0 Å². The van der Waals surface area contributed by atoms with Gasteiger partial charge in [0.2, 0.25) is 0 Å². The van der Waals surface area contributed by atoms with Crippen LogP contribution in [0.25, 0.3) is 0 Å². The Balaban J connectivity index is 2.81. The second kappa shape index (κ2) is 5.72. The first kappa shape index (κ1) is 12.0. The summed E-state index contributed by atoms with van der Waals surface area (Å²) in [6, 6.07) is 5.11. The fourth-order valence-corrected chi connectivity index (χ4v) is 1.42. The maximum Gasteiger partial charge on any atom is 0.252 e. The van der Waals surface area contributed by atoms with Gasteiger partial charge in [-0.25, -0.2) is 0 Å². The van der Waals surface area contributed by atoms with E-state index in [9.17, 15) is 4.79 Å². The Bertz CT molecular complexity index is 355. The quantitative estimate of drug-likeness (QED) is 0.829. The first-order valence-electron chi connectivity index (χ1n) is 4.36. The molecule has 0 radical (unpaired) electrons. The summed E-state index contributed by atoms with van der Waals surface area (Å²) in [5, 5.41) is 0. The number of carbonyl (C=O) groups excluding carboxylic acids is 1. The van der Waals surface area contributed by atoms with Crippen molar-refractivity contribution >= 4 is 21.8 Å². The number of hydrogen-bond acceptors (Lipinski definition) is 3. The van der Waals surface area contributed by atoms with Gasteiger partial charge in [0.25, 0.3) is 5.91 Å². The molecule has 15 heavy (non-hydrogen) atoms. The molecular weight excluding hydrogens is 262 g/mol. The van der Waals surface area contributed by atoms with E-state index < -0.39 is 5.91 Å². The summed E-state index contributed by atoms with van der Waals surface area (Å²) in [5.74, 6) is -0.0357. The molecule has 0 aromatic heterocycles.